The van der Waals surface area contributed by atoms with Crippen LogP contribution in [-0.4, -0.2) is 28.5 Å². The van der Waals surface area contributed by atoms with Gasteiger partial charge in [-0.3, -0.25) is 4.79 Å². The molecule has 0 bridgehead atoms. The number of piperidine rings is 1. The highest BCUT2D eigenvalue weighted by Gasteiger charge is 2.24. The molecule has 1 aliphatic rings. The number of nitrogens with zero attached hydrogens (tertiary/aromatic N) is 2. The number of amides is 1. The predicted molar refractivity (Wildman–Crippen MR) is 84.5 cm³/mol. The highest BCUT2D eigenvalue weighted by Crippen LogP contribution is 2.24. The van der Waals surface area contributed by atoms with Crippen LogP contribution in [0.5, 0.6) is 0 Å². The molecule has 21 heavy (non-hydrogen) atoms. The van der Waals surface area contributed by atoms with Gasteiger partial charge in [-0.25, -0.2) is 0 Å². The number of aromatic nitrogens is 1. The lowest BCUT2D eigenvalue weighted by molar-refractivity contribution is 0.0694. The third-order valence-corrected chi connectivity index (χ3v) is 4.55. The van der Waals surface area contributed by atoms with Gasteiger partial charge < -0.3 is 9.47 Å². The highest BCUT2D eigenvalue weighted by molar-refractivity contribution is 5.94. The first kappa shape index (κ1) is 13.9. The molecule has 0 N–H and O–H groups in total. The minimum Gasteiger partial charge on any atom is -0.351 e. The molecule has 1 aliphatic heterocycles. The van der Waals surface area contributed by atoms with E-state index in [1.165, 1.54) is 11.1 Å². The number of benzene rings is 1. The van der Waals surface area contributed by atoms with E-state index >= 15 is 0 Å². The van der Waals surface area contributed by atoms with E-state index in [1.54, 1.807) is 0 Å². The van der Waals surface area contributed by atoms with Crippen molar-refractivity contribution in [3.63, 3.8) is 0 Å². The van der Waals surface area contributed by atoms with Crippen molar-refractivity contribution in [2.75, 3.05) is 13.1 Å². The maximum atomic E-state index is 12.6. The van der Waals surface area contributed by atoms with E-state index in [-0.39, 0.29) is 5.91 Å². The van der Waals surface area contributed by atoms with E-state index in [9.17, 15) is 4.79 Å². The SMILES string of the molecule is Cc1ccc(C(=O)N2CCC(n3cccc3)CC2)cc1C. The first-order valence-corrected chi connectivity index (χ1v) is 7.64. The number of rotatable bonds is 2. The molecule has 3 rings (SSSR count). The van der Waals surface area contributed by atoms with Crippen molar-refractivity contribution in [2.45, 2.75) is 32.7 Å². The van der Waals surface area contributed by atoms with E-state index in [2.05, 4.69) is 42.9 Å². The smallest absolute Gasteiger partial charge is 0.253 e. The van der Waals surface area contributed by atoms with Crippen LogP contribution in [0.4, 0.5) is 0 Å². The largest absolute Gasteiger partial charge is 0.351 e. The van der Waals surface area contributed by atoms with E-state index in [0.29, 0.717) is 6.04 Å². The van der Waals surface area contributed by atoms with Gasteiger partial charge in [0.15, 0.2) is 0 Å². The van der Waals surface area contributed by atoms with Gasteiger partial charge in [-0.05, 0) is 62.1 Å². The van der Waals surface area contributed by atoms with E-state index in [4.69, 9.17) is 0 Å². The Balaban J connectivity index is 1.66. The molecule has 110 valence electrons. The van der Waals surface area contributed by atoms with Gasteiger partial charge >= 0.3 is 0 Å². The zero-order valence-electron chi connectivity index (χ0n) is 12.7. The van der Waals surface area contributed by atoms with Crippen molar-refractivity contribution < 1.29 is 4.79 Å². The fraction of sp³-hybridized carbons (Fsp3) is 0.389. The van der Waals surface area contributed by atoms with Crippen LogP contribution in [0.2, 0.25) is 0 Å². The Hall–Kier alpha value is -2.03. The van der Waals surface area contributed by atoms with Crippen molar-refractivity contribution in [1.29, 1.82) is 0 Å². The second kappa shape index (κ2) is 5.76. The summed E-state index contributed by atoms with van der Waals surface area (Å²) in [5, 5.41) is 0. The summed E-state index contributed by atoms with van der Waals surface area (Å²) in [7, 11) is 0. The van der Waals surface area contributed by atoms with Crippen LogP contribution in [-0.2, 0) is 0 Å². The van der Waals surface area contributed by atoms with Crippen LogP contribution in [0.3, 0.4) is 0 Å². The second-order valence-electron chi connectivity index (χ2n) is 5.95. The molecule has 1 aromatic heterocycles. The number of carbonyl (C=O) groups excluding carboxylic acids is 1. The van der Waals surface area contributed by atoms with Gasteiger partial charge in [-0.1, -0.05) is 6.07 Å². The molecular weight excluding hydrogens is 260 g/mol. The lowest BCUT2D eigenvalue weighted by Gasteiger charge is -2.33. The summed E-state index contributed by atoms with van der Waals surface area (Å²) in [6.45, 7) is 5.82. The Morgan fingerprint density at radius 3 is 2.33 bits per heavy atom. The summed E-state index contributed by atoms with van der Waals surface area (Å²) in [4.78, 5) is 14.6. The van der Waals surface area contributed by atoms with Gasteiger partial charge in [0.05, 0.1) is 0 Å². The van der Waals surface area contributed by atoms with Crippen molar-refractivity contribution in [2.24, 2.45) is 0 Å². The molecule has 0 unspecified atom stereocenters. The van der Waals surface area contributed by atoms with Crippen LogP contribution in [0, 0.1) is 13.8 Å². The average Bonchev–Trinajstić information content (AvgIpc) is 3.04. The topological polar surface area (TPSA) is 25.2 Å². The first-order chi connectivity index (χ1) is 10.1. The van der Waals surface area contributed by atoms with Crippen molar-refractivity contribution in [3.8, 4) is 0 Å². The second-order valence-corrected chi connectivity index (χ2v) is 5.95. The zero-order chi connectivity index (χ0) is 14.8. The van der Waals surface area contributed by atoms with Crippen LogP contribution in [0.25, 0.3) is 0 Å². The van der Waals surface area contributed by atoms with Gasteiger partial charge in [-0.2, -0.15) is 0 Å². The minimum atomic E-state index is 0.170. The molecule has 3 nitrogen and oxygen atoms in total. The Kier molecular flexibility index (Phi) is 3.82. The number of hydrogen-bond donors (Lipinski definition) is 0. The molecule has 1 fully saturated rings. The van der Waals surface area contributed by atoms with E-state index in [1.807, 2.05) is 23.1 Å². The van der Waals surface area contributed by atoms with Gasteiger partial charge in [0, 0.05) is 37.1 Å². The predicted octanol–water partition coefficient (Wildman–Crippen LogP) is 3.58. The molecule has 0 atom stereocenters. The minimum absolute atomic E-state index is 0.170. The Labute approximate surface area is 126 Å². The molecule has 1 amide bonds. The normalized spacial score (nSPS) is 16.2. The maximum Gasteiger partial charge on any atom is 0.253 e. The molecule has 2 aromatic rings. The van der Waals surface area contributed by atoms with Crippen LogP contribution < -0.4 is 0 Å². The summed E-state index contributed by atoms with van der Waals surface area (Å²) >= 11 is 0. The van der Waals surface area contributed by atoms with E-state index < -0.39 is 0 Å². The van der Waals surface area contributed by atoms with E-state index in [0.717, 1.165) is 31.5 Å². The number of aryl methyl sites for hydroxylation is 2. The monoisotopic (exact) mass is 282 g/mol. The molecule has 3 heteroatoms. The van der Waals surface area contributed by atoms with Crippen LogP contribution in [0.15, 0.2) is 42.7 Å². The third-order valence-electron chi connectivity index (χ3n) is 4.55. The Morgan fingerprint density at radius 2 is 1.71 bits per heavy atom. The van der Waals surface area contributed by atoms with Gasteiger partial charge in [0.25, 0.3) is 5.91 Å². The van der Waals surface area contributed by atoms with Gasteiger partial charge in [0.2, 0.25) is 0 Å². The molecular formula is C18H22N2O. The number of likely N-dealkylation sites (tertiary alicyclic amines) is 1. The van der Waals surface area contributed by atoms with Crippen molar-refractivity contribution in [1.82, 2.24) is 9.47 Å². The fourth-order valence-corrected chi connectivity index (χ4v) is 3.02. The molecule has 0 saturated carbocycles. The van der Waals surface area contributed by atoms with Crippen molar-refractivity contribution >= 4 is 5.91 Å². The Morgan fingerprint density at radius 1 is 1.05 bits per heavy atom. The van der Waals surface area contributed by atoms with Crippen LogP contribution >= 0.6 is 0 Å². The molecule has 0 spiro atoms. The highest BCUT2D eigenvalue weighted by atomic mass is 16.2. The van der Waals surface area contributed by atoms with Gasteiger partial charge in [-0.15, -0.1) is 0 Å². The quantitative estimate of drug-likeness (QED) is 0.826. The lowest BCUT2D eigenvalue weighted by atomic mass is 10.0. The Bertz CT molecular complexity index is 623. The summed E-state index contributed by atoms with van der Waals surface area (Å²) < 4.78 is 2.26. The summed E-state index contributed by atoms with van der Waals surface area (Å²) in [6, 6.07) is 10.6. The molecule has 0 aliphatic carbocycles. The molecule has 2 heterocycles. The standard InChI is InChI=1S/C18H22N2O/c1-14-5-6-16(13-15(14)2)18(21)20-11-7-17(8-12-20)19-9-3-4-10-19/h3-6,9-10,13,17H,7-8,11-12H2,1-2H3. The average molecular weight is 282 g/mol. The van der Waals surface area contributed by atoms with Crippen molar-refractivity contribution in [3.05, 3.63) is 59.4 Å². The first-order valence-electron chi connectivity index (χ1n) is 7.64. The fourth-order valence-electron chi connectivity index (χ4n) is 3.02. The summed E-state index contributed by atoms with van der Waals surface area (Å²) in [5.74, 6) is 0.170. The summed E-state index contributed by atoms with van der Waals surface area (Å²) in [6.07, 6.45) is 6.30. The maximum absolute atomic E-state index is 12.6. The van der Waals surface area contributed by atoms with Gasteiger partial charge in [0.1, 0.15) is 0 Å². The molecule has 1 saturated heterocycles. The van der Waals surface area contributed by atoms with Crippen LogP contribution in [0.1, 0.15) is 40.4 Å². The third kappa shape index (κ3) is 2.87. The lowest BCUT2D eigenvalue weighted by Crippen LogP contribution is -2.38. The number of carbonyl (C=O) groups is 1. The molecule has 0 radical (unpaired) electrons. The molecule has 1 aromatic carbocycles. The summed E-state index contributed by atoms with van der Waals surface area (Å²) in [5.41, 5.74) is 3.23. The number of hydrogen-bond acceptors (Lipinski definition) is 1. The zero-order valence-corrected chi connectivity index (χ0v) is 12.7.